The molecule has 112 valence electrons. The summed E-state index contributed by atoms with van der Waals surface area (Å²) in [6.45, 7) is 4.59. The van der Waals surface area contributed by atoms with Crippen molar-refractivity contribution in [3.8, 4) is 5.75 Å². The van der Waals surface area contributed by atoms with Crippen molar-refractivity contribution >= 4 is 17.5 Å². The van der Waals surface area contributed by atoms with E-state index in [1.165, 1.54) is 0 Å². The highest BCUT2D eigenvalue weighted by Gasteiger charge is 2.10. The van der Waals surface area contributed by atoms with Crippen LogP contribution in [0.2, 0.25) is 5.02 Å². The minimum Gasteiger partial charge on any atom is -0.496 e. The number of benzene rings is 1. The van der Waals surface area contributed by atoms with E-state index in [4.69, 9.17) is 16.3 Å². The summed E-state index contributed by atoms with van der Waals surface area (Å²) in [5, 5.41) is 12.1. The molecule has 1 aromatic heterocycles. The first-order valence-corrected chi connectivity index (χ1v) is 7.35. The molecule has 0 bridgehead atoms. The summed E-state index contributed by atoms with van der Waals surface area (Å²) >= 11 is 6.20. The van der Waals surface area contributed by atoms with Gasteiger partial charge in [0.1, 0.15) is 5.75 Å². The third kappa shape index (κ3) is 3.61. The SMILES string of the molecule is CCc1nnc(NCc2c(Cl)cccc2OC)nc1CC. The van der Waals surface area contributed by atoms with Gasteiger partial charge in [0.05, 0.1) is 18.5 Å². The van der Waals surface area contributed by atoms with E-state index in [1.54, 1.807) is 7.11 Å². The summed E-state index contributed by atoms with van der Waals surface area (Å²) in [5.74, 6) is 1.25. The average Bonchev–Trinajstić information content (AvgIpc) is 2.53. The van der Waals surface area contributed by atoms with Crippen LogP contribution in [-0.4, -0.2) is 22.3 Å². The number of rotatable bonds is 6. The molecular weight excluding hydrogens is 288 g/mol. The molecule has 0 aliphatic heterocycles. The lowest BCUT2D eigenvalue weighted by Gasteiger charge is -2.12. The molecule has 0 spiro atoms. The van der Waals surface area contributed by atoms with Crippen LogP contribution in [0.15, 0.2) is 18.2 Å². The maximum atomic E-state index is 6.20. The molecule has 2 aromatic rings. The van der Waals surface area contributed by atoms with Crippen LogP contribution in [0.25, 0.3) is 0 Å². The van der Waals surface area contributed by atoms with Gasteiger partial charge < -0.3 is 10.1 Å². The highest BCUT2D eigenvalue weighted by molar-refractivity contribution is 6.31. The second-order valence-electron chi connectivity index (χ2n) is 4.51. The van der Waals surface area contributed by atoms with Crippen molar-refractivity contribution in [2.75, 3.05) is 12.4 Å². The van der Waals surface area contributed by atoms with Crippen molar-refractivity contribution in [1.82, 2.24) is 15.2 Å². The van der Waals surface area contributed by atoms with Gasteiger partial charge in [-0.2, -0.15) is 5.10 Å². The summed E-state index contributed by atoms with van der Waals surface area (Å²) in [6.07, 6.45) is 1.67. The second kappa shape index (κ2) is 7.22. The van der Waals surface area contributed by atoms with E-state index in [-0.39, 0.29) is 0 Å². The van der Waals surface area contributed by atoms with Gasteiger partial charge >= 0.3 is 0 Å². The van der Waals surface area contributed by atoms with E-state index in [2.05, 4.69) is 27.4 Å². The van der Waals surface area contributed by atoms with Gasteiger partial charge in [-0.05, 0) is 25.0 Å². The van der Waals surface area contributed by atoms with Gasteiger partial charge in [-0.3, -0.25) is 0 Å². The van der Waals surface area contributed by atoms with Gasteiger partial charge in [-0.15, -0.1) is 5.10 Å². The molecule has 1 N–H and O–H groups in total. The highest BCUT2D eigenvalue weighted by Crippen LogP contribution is 2.26. The maximum Gasteiger partial charge on any atom is 0.243 e. The Kier molecular flexibility index (Phi) is 5.33. The lowest BCUT2D eigenvalue weighted by molar-refractivity contribution is 0.410. The number of halogens is 1. The molecule has 0 atom stereocenters. The molecule has 0 unspecified atom stereocenters. The Balaban J connectivity index is 2.17. The molecule has 0 aliphatic carbocycles. The molecule has 0 saturated heterocycles. The first kappa shape index (κ1) is 15.5. The number of hydrogen-bond donors (Lipinski definition) is 1. The normalized spacial score (nSPS) is 10.5. The Morgan fingerprint density at radius 2 is 1.90 bits per heavy atom. The molecule has 6 heteroatoms. The standard InChI is InChI=1S/C15H19ClN4O/c1-4-12-13(5-2)19-20-15(18-12)17-9-10-11(16)7-6-8-14(10)21-3/h6-8H,4-5,9H2,1-3H3,(H,17,18,20). The predicted molar refractivity (Wildman–Crippen MR) is 83.9 cm³/mol. The largest absolute Gasteiger partial charge is 0.496 e. The Hall–Kier alpha value is -1.88. The quantitative estimate of drug-likeness (QED) is 0.887. The molecule has 2 rings (SSSR count). The van der Waals surface area contributed by atoms with Gasteiger partial charge in [0.2, 0.25) is 5.95 Å². The number of aromatic nitrogens is 3. The number of nitrogens with one attached hydrogen (secondary N) is 1. The first-order chi connectivity index (χ1) is 10.2. The summed E-state index contributed by atoms with van der Waals surface area (Å²) in [4.78, 5) is 4.49. The second-order valence-corrected chi connectivity index (χ2v) is 4.92. The molecule has 0 aliphatic rings. The van der Waals surface area contributed by atoms with Crippen LogP contribution >= 0.6 is 11.6 Å². The van der Waals surface area contributed by atoms with E-state index in [0.717, 1.165) is 35.5 Å². The van der Waals surface area contributed by atoms with Crippen LogP contribution in [0.3, 0.4) is 0 Å². The lowest BCUT2D eigenvalue weighted by Crippen LogP contribution is -2.10. The number of methoxy groups -OCH3 is 1. The van der Waals surface area contributed by atoms with E-state index >= 15 is 0 Å². The smallest absolute Gasteiger partial charge is 0.243 e. The van der Waals surface area contributed by atoms with Crippen LogP contribution in [0, 0.1) is 0 Å². The van der Waals surface area contributed by atoms with Gasteiger partial charge in [0, 0.05) is 17.1 Å². The molecule has 0 fully saturated rings. The van der Waals surface area contributed by atoms with Crippen LogP contribution in [0.4, 0.5) is 5.95 Å². The van der Waals surface area contributed by atoms with Gasteiger partial charge in [-0.25, -0.2) is 4.98 Å². The Morgan fingerprint density at radius 3 is 2.57 bits per heavy atom. The summed E-state index contributed by atoms with van der Waals surface area (Å²) in [5.41, 5.74) is 2.79. The fourth-order valence-electron chi connectivity index (χ4n) is 2.08. The number of hydrogen-bond acceptors (Lipinski definition) is 5. The number of nitrogens with zero attached hydrogens (tertiary/aromatic N) is 3. The number of ether oxygens (including phenoxy) is 1. The molecule has 1 aromatic carbocycles. The fourth-order valence-corrected chi connectivity index (χ4v) is 2.31. The monoisotopic (exact) mass is 306 g/mol. The molecule has 0 radical (unpaired) electrons. The first-order valence-electron chi connectivity index (χ1n) is 6.97. The molecule has 0 amide bonds. The summed E-state index contributed by atoms with van der Waals surface area (Å²) in [7, 11) is 1.62. The van der Waals surface area contributed by atoms with Crippen molar-refractivity contribution in [2.24, 2.45) is 0 Å². The fraction of sp³-hybridized carbons (Fsp3) is 0.400. The van der Waals surface area contributed by atoms with Crippen LogP contribution in [0.5, 0.6) is 5.75 Å². The third-order valence-electron chi connectivity index (χ3n) is 3.23. The molecule has 0 saturated carbocycles. The van der Waals surface area contributed by atoms with Gasteiger partial charge in [-0.1, -0.05) is 31.5 Å². The minimum absolute atomic E-state index is 0.485. The summed E-state index contributed by atoms with van der Waals surface area (Å²) in [6, 6.07) is 5.56. The maximum absolute atomic E-state index is 6.20. The van der Waals surface area contributed by atoms with Crippen molar-refractivity contribution < 1.29 is 4.74 Å². The Labute approximate surface area is 129 Å². The molecule has 1 heterocycles. The topological polar surface area (TPSA) is 59.9 Å². The minimum atomic E-state index is 0.485. The van der Waals surface area contributed by atoms with E-state index in [0.29, 0.717) is 17.5 Å². The zero-order valence-electron chi connectivity index (χ0n) is 12.5. The highest BCUT2D eigenvalue weighted by atomic mass is 35.5. The van der Waals surface area contributed by atoms with Crippen molar-refractivity contribution in [3.63, 3.8) is 0 Å². The summed E-state index contributed by atoms with van der Waals surface area (Å²) < 4.78 is 5.32. The van der Waals surface area contributed by atoms with Gasteiger partial charge in [0.15, 0.2) is 0 Å². The van der Waals surface area contributed by atoms with Crippen LogP contribution in [0.1, 0.15) is 30.8 Å². The van der Waals surface area contributed by atoms with Crippen molar-refractivity contribution in [3.05, 3.63) is 40.2 Å². The molecule has 21 heavy (non-hydrogen) atoms. The van der Waals surface area contributed by atoms with Crippen LogP contribution in [-0.2, 0) is 19.4 Å². The number of anilines is 1. The predicted octanol–water partition coefficient (Wildman–Crippen LogP) is 3.27. The van der Waals surface area contributed by atoms with E-state index in [9.17, 15) is 0 Å². The zero-order valence-corrected chi connectivity index (χ0v) is 13.2. The Morgan fingerprint density at radius 1 is 1.14 bits per heavy atom. The lowest BCUT2D eigenvalue weighted by atomic mass is 10.2. The Bertz CT molecular complexity index is 619. The number of aryl methyl sites for hydroxylation is 2. The van der Waals surface area contributed by atoms with Crippen LogP contribution < -0.4 is 10.1 Å². The van der Waals surface area contributed by atoms with E-state index in [1.807, 2.05) is 25.1 Å². The average molecular weight is 307 g/mol. The van der Waals surface area contributed by atoms with Gasteiger partial charge in [0.25, 0.3) is 0 Å². The molecular formula is C15H19ClN4O. The van der Waals surface area contributed by atoms with E-state index < -0.39 is 0 Å². The zero-order chi connectivity index (χ0) is 15.2. The van der Waals surface area contributed by atoms with Crippen molar-refractivity contribution in [1.29, 1.82) is 0 Å². The molecule has 5 nitrogen and oxygen atoms in total. The third-order valence-corrected chi connectivity index (χ3v) is 3.58. The van der Waals surface area contributed by atoms with Crippen molar-refractivity contribution in [2.45, 2.75) is 33.2 Å².